The zero-order valence-corrected chi connectivity index (χ0v) is 11.7. The molecule has 1 saturated heterocycles. The van der Waals surface area contributed by atoms with Crippen LogP contribution in [0.3, 0.4) is 0 Å². The molecule has 0 spiro atoms. The van der Waals surface area contributed by atoms with E-state index in [1.165, 1.54) is 38.5 Å². The fraction of sp³-hybridized carbons (Fsp3) is 1.00. The van der Waals surface area contributed by atoms with Gasteiger partial charge in [0.2, 0.25) is 0 Å². The lowest BCUT2D eigenvalue weighted by atomic mass is 9.82. The van der Waals surface area contributed by atoms with E-state index in [1.54, 1.807) is 0 Å². The van der Waals surface area contributed by atoms with Crippen molar-refractivity contribution in [1.29, 1.82) is 0 Å². The lowest BCUT2D eigenvalue weighted by molar-refractivity contribution is 0.0582. The molecular weight excluding hydrogens is 240 g/mol. The lowest BCUT2D eigenvalue weighted by Gasteiger charge is -2.34. The van der Waals surface area contributed by atoms with E-state index in [9.17, 15) is 5.11 Å². The van der Waals surface area contributed by atoms with E-state index < -0.39 is 6.10 Å². The van der Waals surface area contributed by atoms with E-state index in [-0.39, 0.29) is 6.04 Å². The topological polar surface area (TPSA) is 72.2 Å². The van der Waals surface area contributed by atoms with Crippen LogP contribution in [0.2, 0.25) is 0 Å². The van der Waals surface area contributed by atoms with Gasteiger partial charge in [0.25, 0.3) is 0 Å². The Morgan fingerprint density at radius 3 is 2.37 bits per heavy atom. The van der Waals surface area contributed by atoms with Crippen LogP contribution in [0.4, 0.5) is 0 Å². The first-order valence-corrected chi connectivity index (χ1v) is 7.76. The molecule has 0 unspecified atom stereocenters. The number of β-amino-alcohol motifs (C(OH)–C–C–N with tert-alkyl or cyclic N) is 1. The Labute approximate surface area is 115 Å². The van der Waals surface area contributed by atoms with Crippen molar-refractivity contribution in [1.82, 2.24) is 4.90 Å². The van der Waals surface area contributed by atoms with E-state index in [0.29, 0.717) is 12.5 Å². The van der Waals surface area contributed by atoms with Gasteiger partial charge in [-0.05, 0) is 50.2 Å². The molecule has 1 aliphatic carbocycles. The second-order valence-electron chi connectivity index (χ2n) is 6.02. The Morgan fingerprint density at radius 1 is 1.11 bits per heavy atom. The third kappa shape index (κ3) is 4.37. The molecule has 1 aliphatic heterocycles. The van der Waals surface area contributed by atoms with Crippen LogP contribution in [0.15, 0.2) is 5.11 Å². The molecule has 0 bridgehead atoms. The highest BCUT2D eigenvalue weighted by Gasteiger charge is 2.30. The summed E-state index contributed by atoms with van der Waals surface area (Å²) in [6.07, 6.45) is 9.14. The predicted molar refractivity (Wildman–Crippen MR) is 75.8 cm³/mol. The fourth-order valence-electron chi connectivity index (χ4n) is 3.54. The largest absolute Gasteiger partial charge is 0.391 e. The first-order chi connectivity index (χ1) is 9.31. The normalized spacial score (nSPS) is 25.5. The Morgan fingerprint density at radius 2 is 1.74 bits per heavy atom. The molecule has 0 aromatic rings. The summed E-state index contributed by atoms with van der Waals surface area (Å²) in [5.74, 6) is 0.379. The van der Waals surface area contributed by atoms with Crippen LogP contribution >= 0.6 is 0 Å². The number of hydrogen-bond donors (Lipinski definition) is 1. The zero-order valence-electron chi connectivity index (χ0n) is 11.7. The molecule has 0 amide bonds. The quantitative estimate of drug-likeness (QED) is 0.472. The summed E-state index contributed by atoms with van der Waals surface area (Å²) in [5.41, 5.74) is 8.76. The SMILES string of the molecule is [N-]=[N+]=N[C@@H](C1CCCCC1)[C@H](O)CN1CCCCC1. The van der Waals surface area contributed by atoms with E-state index in [4.69, 9.17) is 5.53 Å². The van der Waals surface area contributed by atoms with Gasteiger partial charge in [-0.15, -0.1) is 0 Å². The molecule has 0 aromatic heterocycles. The predicted octanol–water partition coefficient (Wildman–Crippen LogP) is 3.09. The van der Waals surface area contributed by atoms with Gasteiger partial charge in [-0.3, -0.25) is 0 Å². The van der Waals surface area contributed by atoms with Crippen molar-refractivity contribution in [2.75, 3.05) is 19.6 Å². The molecule has 2 fully saturated rings. The van der Waals surface area contributed by atoms with Crippen molar-refractivity contribution in [2.24, 2.45) is 11.0 Å². The van der Waals surface area contributed by atoms with Gasteiger partial charge in [-0.1, -0.05) is 30.8 Å². The minimum absolute atomic E-state index is 0.229. The zero-order chi connectivity index (χ0) is 13.5. The van der Waals surface area contributed by atoms with Crippen molar-refractivity contribution >= 4 is 0 Å². The number of aliphatic hydroxyl groups is 1. The van der Waals surface area contributed by atoms with Gasteiger partial charge >= 0.3 is 0 Å². The van der Waals surface area contributed by atoms with Crippen molar-refractivity contribution in [3.63, 3.8) is 0 Å². The first kappa shape index (κ1) is 14.6. The fourth-order valence-corrected chi connectivity index (χ4v) is 3.54. The highest BCUT2D eigenvalue weighted by Crippen LogP contribution is 2.30. The molecular formula is C14H26N4O. The molecule has 5 heteroatoms. The maximum absolute atomic E-state index is 10.4. The van der Waals surface area contributed by atoms with Gasteiger partial charge in [0.05, 0.1) is 12.1 Å². The monoisotopic (exact) mass is 266 g/mol. The molecule has 1 saturated carbocycles. The maximum atomic E-state index is 10.4. The van der Waals surface area contributed by atoms with Crippen molar-refractivity contribution in [3.05, 3.63) is 10.4 Å². The highest BCUT2D eigenvalue weighted by molar-refractivity contribution is 4.87. The highest BCUT2D eigenvalue weighted by atomic mass is 16.3. The number of hydrogen-bond acceptors (Lipinski definition) is 3. The van der Waals surface area contributed by atoms with Crippen LogP contribution in [0.25, 0.3) is 10.4 Å². The van der Waals surface area contributed by atoms with Crippen LogP contribution in [-0.4, -0.2) is 41.8 Å². The summed E-state index contributed by atoms with van der Waals surface area (Å²) in [4.78, 5) is 5.29. The summed E-state index contributed by atoms with van der Waals surface area (Å²) in [6, 6.07) is -0.229. The maximum Gasteiger partial charge on any atom is 0.0754 e. The summed E-state index contributed by atoms with van der Waals surface area (Å²) in [7, 11) is 0. The molecule has 5 nitrogen and oxygen atoms in total. The number of nitrogens with zero attached hydrogens (tertiary/aromatic N) is 4. The summed E-state index contributed by atoms with van der Waals surface area (Å²) in [5, 5.41) is 14.4. The average Bonchev–Trinajstić information content (AvgIpc) is 2.46. The van der Waals surface area contributed by atoms with Crippen molar-refractivity contribution in [2.45, 2.75) is 63.5 Å². The minimum atomic E-state index is -0.503. The Kier molecular flexibility index (Phi) is 5.95. The van der Waals surface area contributed by atoms with Crippen molar-refractivity contribution < 1.29 is 5.11 Å². The third-order valence-electron chi connectivity index (χ3n) is 4.61. The van der Waals surface area contributed by atoms with Crippen LogP contribution in [0.1, 0.15) is 51.4 Å². The molecule has 2 rings (SSSR count). The molecule has 2 aliphatic rings. The minimum Gasteiger partial charge on any atom is -0.391 e. The van der Waals surface area contributed by atoms with E-state index in [1.807, 2.05) is 0 Å². The summed E-state index contributed by atoms with van der Waals surface area (Å²) >= 11 is 0. The van der Waals surface area contributed by atoms with Crippen LogP contribution in [-0.2, 0) is 0 Å². The van der Waals surface area contributed by atoms with Crippen molar-refractivity contribution in [3.8, 4) is 0 Å². The van der Waals surface area contributed by atoms with Gasteiger partial charge in [0.15, 0.2) is 0 Å². The Balaban J connectivity index is 1.90. The number of aliphatic hydroxyl groups excluding tert-OH is 1. The summed E-state index contributed by atoms with van der Waals surface area (Å²) < 4.78 is 0. The second kappa shape index (κ2) is 7.73. The molecule has 1 N–H and O–H groups in total. The van der Waals surface area contributed by atoms with Gasteiger partial charge in [0.1, 0.15) is 0 Å². The van der Waals surface area contributed by atoms with Gasteiger partial charge in [-0.2, -0.15) is 0 Å². The summed E-state index contributed by atoms with van der Waals surface area (Å²) in [6.45, 7) is 2.82. The molecule has 0 radical (unpaired) electrons. The first-order valence-electron chi connectivity index (χ1n) is 7.76. The molecule has 0 aromatic carbocycles. The number of likely N-dealkylation sites (tertiary alicyclic amines) is 1. The number of azide groups is 1. The lowest BCUT2D eigenvalue weighted by Crippen LogP contribution is -2.43. The van der Waals surface area contributed by atoms with Crippen LogP contribution in [0, 0.1) is 5.92 Å². The molecule has 1 heterocycles. The van der Waals surface area contributed by atoms with Gasteiger partial charge < -0.3 is 10.0 Å². The van der Waals surface area contributed by atoms with Crippen LogP contribution < -0.4 is 0 Å². The number of piperidine rings is 1. The Hall–Kier alpha value is -0.770. The average molecular weight is 266 g/mol. The van der Waals surface area contributed by atoms with Gasteiger partial charge in [-0.25, -0.2) is 0 Å². The molecule has 2 atom stereocenters. The Bertz CT molecular complexity index is 305. The van der Waals surface area contributed by atoms with Gasteiger partial charge in [0, 0.05) is 11.5 Å². The second-order valence-corrected chi connectivity index (χ2v) is 6.02. The van der Waals surface area contributed by atoms with E-state index in [0.717, 1.165) is 25.9 Å². The van der Waals surface area contributed by atoms with E-state index in [2.05, 4.69) is 14.9 Å². The molecule has 108 valence electrons. The van der Waals surface area contributed by atoms with E-state index >= 15 is 0 Å². The molecule has 19 heavy (non-hydrogen) atoms. The number of rotatable bonds is 5. The van der Waals surface area contributed by atoms with Crippen LogP contribution in [0.5, 0.6) is 0 Å². The standard InChI is InChI=1S/C14H26N4O/c15-17-16-14(12-7-3-1-4-8-12)13(19)11-18-9-5-2-6-10-18/h12-14,19H,1-11H2/t13-,14+/m1/s1. The third-order valence-corrected chi connectivity index (χ3v) is 4.61. The smallest absolute Gasteiger partial charge is 0.0754 e.